The lowest BCUT2D eigenvalue weighted by atomic mass is 10.1. The van der Waals surface area contributed by atoms with Crippen LogP contribution >= 0.6 is 11.6 Å². The predicted molar refractivity (Wildman–Crippen MR) is 92.3 cm³/mol. The second-order valence-electron chi connectivity index (χ2n) is 5.79. The van der Waals surface area contributed by atoms with Crippen molar-refractivity contribution in [3.05, 3.63) is 58.6 Å². The number of fused-ring (bicyclic) bond motifs is 2. The van der Waals surface area contributed by atoms with Crippen LogP contribution < -0.4 is 9.64 Å². The van der Waals surface area contributed by atoms with Gasteiger partial charge in [-0.2, -0.15) is 0 Å². The molecule has 0 spiro atoms. The molecule has 0 saturated carbocycles. The molecular weight excluding hydrogens is 376 g/mol. The second-order valence-corrected chi connectivity index (χ2v) is 6.23. The van der Waals surface area contributed by atoms with Crippen LogP contribution in [0.5, 0.6) is 5.75 Å². The van der Waals surface area contributed by atoms with Gasteiger partial charge < -0.3 is 9.57 Å². The first-order chi connectivity index (χ1) is 13.0. The van der Waals surface area contributed by atoms with E-state index in [1.165, 1.54) is 18.2 Å². The van der Waals surface area contributed by atoms with Gasteiger partial charge in [-0.05, 0) is 30.3 Å². The fourth-order valence-corrected chi connectivity index (χ4v) is 3.02. The van der Waals surface area contributed by atoms with Crippen molar-refractivity contribution in [1.82, 2.24) is 5.06 Å². The number of carbonyl (C=O) groups excluding carboxylic acids is 4. The number of ether oxygens (including phenoxy) is 1. The molecule has 8 nitrogen and oxygen atoms in total. The molecule has 0 bridgehead atoms. The molecular formula is C18H11ClN2O6. The van der Waals surface area contributed by atoms with Crippen LogP contribution in [0.1, 0.15) is 20.7 Å². The maximum atomic E-state index is 12.3. The smallest absolute Gasteiger partial charge is 0.352 e. The number of hydrogen-bond donors (Lipinski definition) is 0. The molecule has 0 unspecified atom stereocenters. The summed E-state index contributed by atoms with van der Waals surface area (Å²) in [6.07, 6.45) is 0. The molecule has 0 fully saturated rings. The van der Waals surface area contributed by atoms with Crippen LogP contribution in [0.4, 0.5) is 5.69 Å². The van der Waals surface area contributed by atoms with Crippen LogP contribution in [-0.4, -0.2) is 41.9 Å². The molecule has 27 heavy (non-hydrogen) atoms. The van der Waals surface area contributed by atoms with E-state index in [0.29, 0.717) is 21.5 Å². The minimum atomic E-state index is -0.953. The lowest BCUT2D eigenvalue weighted by Crippen LogP contribution is -2.44. The van der Waals surface area contributed by atoms with Crippen LogP contribution in [0.25, 0.3) is 0 Å². The number of nitrogens with zero attached hydrogens (tertiary/aromatic N) is 2. The van der Waals surface area contributed by atoms with Crippen molar-refractivity contribution in [3.8, 4) is 5.75 Å². The first-order valence-electron chi connectivity index (χ1n) is 7.87. The van der Waals surface area contributed by atoms with Gasteiger partial charge in [0.1, 0.15) is 12.3 Å². The molecule has 0 aliphatic carbocycles. The van der Waals surface area contributed by atoms with Gasteiger partial charge in [-0.15, -0.1) is 0 Å². The van der Waals surface area contributed by atoms with Crippen molar-refractivity contribution in [2.75, 3.05) is 18.1 Å². The summed E-state index contributed by atoms with van der Waals surface area (Å²) >= 11 is 5.95. The SMILES string of the molecule is O=C(CN1C(=O)COc2ccc(Cl)cc21)ON1C(=O)c2ccccc2C1=O. The molecule has 0 N–H and O–H groups in total. The highest BCUT2D eigenvalue weighted by Crippen LogP contribution is 2.34. The van der Waals surface area contributed by atoms with Gasteiger partial charge in [-0.3, -0.25) is 19.3 Å². The molecule has 2 aliphatic heterocycles. The van der Waals surface area contributed by atoms with Crippen molar-refractivity contribution >= 4 is 41.0 Å². The molecule has 136 valence electrons. The zero-order valence-corrected chi connectivity index (χ0v) is 14.4. The molecule has 0 aromatic heterocycles. The van der Waals surface area contributed by atoms with Crippen molar-refractivity contribution in [1.29, 1.82) is 0 Å². The van der Waals surface area contributed by atoms with Gasteiger partial charge in [0, 0.05) is 5.02 Å². The van der Waals surface area contributed by atoms with Gasteiger partial charge in [-0.1, -0.05) is 28.8 Å². The third-order valence-electron chi connectivity index (χ3n) is 4.10. The van der Waals surface area contributed by atoms with Crippen molar-refractivity contribution < 1.29 is 28.8 Å². The average Bonchev–Trinajstić information content (AvgIpc) is 2.89. The Hall–Kier alpha value is -3.39. The largest absolute Gasteiger partial charge is 0.482 e. The quantitative estimate of drug-likeness (QED) is 0.747. The van der Waals surface area contributed by atoms with Crippen LogP contribution in [-0.2, 0) is 14.4 Å². The number of rotatable bonds is 3. The number of imide groups is 1. The minimum absolute atomic E-state index is 0.148. The number of benzene rings is 2. The summed E-state index contributed by atoms with van der Waals surface area (Å²) in [4.78, 5) is 55.0. The summed E-state index contributed by atoms with van der Waals surface area (Å²) in [6.45, 7) is -0.766. The molecule has 0 atom stereocenters. The van der Waals surface area contributed by atoms with E-state index >= 15 is 0 Å². The number of amides is 3. The number of halogens is 1. The Morgan fingerprint density at radius 3 is 2.41 bits per heavy atom. The Kier molecular flexibility index (Phi) is 4.04. The minimum Gasteiger partial charge on any atom is -0.482 e. The number of anilines is 1. The summed E-state index contributed by atoms with van der Waals surface area (Å²) in [5, 5.41) is 0.752. The number of hydrogen-bond acceptors (Lipinski definition) is 6. The summed E-state index contributed by atoms with van der Waals surface area (Å²) in [5.41, 5.74) is 0.600. The topological polar surface area (TPSA) is 93.2 Å². The van der Waals surface area contributed by atoms with E-state index in [-0.39, 0.29) is 17.7 Å². The molecule has 2 aromatic rings. The highest BCUT2D eigenvalue weighted by Gasteiger charge is 2.39. The van der Waals surface area contributed by atoms with Crippen molar-refractivity contribution in [2.24, 2.45) is 0 Å². The molecule has 4 rings (SSSR count). The lowest BCUT2D eigenvalue weighted by Gasteiger charge is -2.28. The normalized spacial score (nSPS) is 15.4. The van der Waals surface area contributed by atoms with E-state index in [2.05, 4.69) is 0 Å². The maximum absolute atomic E-state index is 12.3. The summed E-state index contributed by atoms with van der Waals surface area (Å²) in [5.74, 6) is -2.52. The second kappa shape index (κ2) is 6.40. The van der Waals surface area contributed by atoms with Crippen LogP contribution in [0, 0.1) is 0 Å². The Morgan fingerprint density at radius 1 is 1.07 bits per heavy atom. The Balaban J connectivity index is 1.53. The van der Waals surface area contributed by atoms with Crippen LogP contribution in [0.3, 0.4) is 0 Å². The summed E-state index contributed by atoms with van der Waals surface area (Å²) < 4.78 is 5.29. The molecule has 9 heteroatoms. The summed E-state index contributed by atoms with van der Waals surface area (Å²) in [6, 6.07) is 10.8. The fraction of sp³-hybridized carbons (Fsp3) is 0.111. The maximum Gasteiger partial charge on any atom is 0.352 e. The Morgan fingerprint density at radius 2 is 1.74 bits per heavy atom. The zero-order valence-electron chi connectivity index (χ0n) is 13.7. The van der Waals surface area contributed by atoms with Crippen LogP contribution in [0.2, 0.25) is 5.02 Å². The third-order valence-corrected chi connectivity index (χ3v) is 4.34. The van der Waals surface area contributed by atoms with E-state index in [1.54, 1.807) is 24.3 Å². The van der Waals surface area contributed by atoms with Gasteiger partial charge in [-0.25, -0.2) is 4.79 Å². The zero-order chi connectivity index (χ0) is 19.1. The lowest BCUT2D eigenvalue weighted by molar-refractivity contribution is -0.167. The molecule has 0 saturated heterocycles. The monoisotopic (exact) mass is 386 g/mol. The van der Waals surface area contributed by atoms with E-state index in [1.807, 2.05) is 0 Å². The summed E-state index contributed by atoms with van der Waals surface area (Å²) in [7, 11) is 0. The molecule has 2 heterocycles. The van der Waals surface area contributed by atoms with Gasteiger partial charge in [0.15, 0.2) is 6.61 Å². The Bertz CT molecular complexity index is 970. The van der Waals surface area contributed by atoms with E-state index < -0.39 is 30.2 Å². The highest BCUT2D eigenvalue weighted by atomic mass is 35.5. The van der Waals surface area contributed by atoms with E-state index in [4.69, 9.17) is 21.2 Å². The van der Waals surface area contributed by atoms with Crippen molar-refractivity contribution in [2.45, 2.75) is 0 Å². The molecule has 2 aliphatic rings. The first kappa shape index (κ1) is 17.0. The van der Waals surface area contributed by atoms with Gasteiger partial charge in [0.05, 0.1) is 16.8 Å². The number of hydroxylamine groups is 2. The average molecular weight is 387 g/mol. The third kappa shape index (κ3) is 2.89. The van der Waals surface area contributed by atoms with Gasteiger partial charge in [0.25, 0.3) is 17.7 Å². The molecule has 0 radical (unpaired) electrons. The molecule has 2 aromatic carbocycles. The Labute approximate surface area is 157 Å². The van der Waals surface area contributed by atoms with Crippen LogP contribution in [0.15, 0.2) is 42.5 Å². The van der Waals surface area contributed by atoms with E-state index in [0.717, 1.165) is 4.90 Å². The predicted octanol–water partition coefficient (Wildman–Crippen LogP) is 1.82. The number of carbonyl (C=O) groups is 4. The highest BCUT2D eigenvalue weighted by molar-refractivity contribution is 6.31. The van der Waals surface area contributed by atoms with Gasteiger partial charge in [0.2, 0.25) is 0 Å². The molecule has 3 amide bonds. The van der Waals surface area contributed by atoms with E-state index in [9.17, 15) is 19.2 Å². The van der Waals surface area contributed by atoms with Crippen molar-refractivity contribution in [3.63, 3.8) is 0 Å². The standard InChI is InChI=1S/C18H11ClN2O6/c19-10-5-6-14-13(7-10)20(15(22)9-26-14)8-16(23)27-21-17(24)11-3-1-2-4-12(11)18(21)25/h1-7H,8-9H2. The van der Waals surface area contributed by atoms with Gasteiger partial charge >= 0.3 is 5.97 Å². The fourth-order valence-electron chi connectivity index (χ4n) is 2.86. The first-order valence-corrected chi connectivity index (χ1v) is 8.25.